The molecule has 0 saturated heterocycles. The fraction of sp³-hybridized carbons (Fsp3) is 0.400. The Morgan fingerprint density at radius 3 is 2.59 bits per heavy atom. The first-order chi connectivity index (χ1) is 14.2. The first-order valence-electron chi connectivity index (χ1n) is 10.6. The van der Waals surface area contributed by atoms with Gasteiger partial charge in [0, 0.05) is 16.9 Å². The maximum absolute atomic E-state index is 6.06. The zero-order valence-electron chi connectivity index (χ0n) is 17.5. The van der Waals surface area contributed by atoms with E-state index in [-0.39, 0.29) is 0 Å². The first-order valence-corrected chi connectivity index (χ1v) is 11.4. The molecular weight excluding hydrogens is 378 g/mol. The molecule has 1 heterocycles. The second kappa shape index (κ2) is 9.00. The van der Waals surface area contributed by atoms with E-state index >= 15 is 0 Å². The molecule has 1 atom stereocenters. The molecule has 0 saturated carbocycles. The minimum atomic E-state index is 0.656. The molecule has 1 aromatic heterocycles. The van der Waals surface area contributed by atoms with E-state index in [4.69, 9.17) is 14.5 Å². The third-order valence-electron chi connectivity index (χ3n) is 5.72. The van der Waals surface area contributed by atoms with E-state index in [0.29, 0.717) is 13.2 Å². The van der Waals surface area contributed by atoms with Crippen molar-refractivity contribution in [2.75, 3.05) is 13.2 Å². The van der Waals surface area contributed by atoms with Crippen molar-refractivity contribution in [2.45, 2.75) is 52.4 Å². The number of thiazole rings is 1. The zero-order valence-corrected chi connectivity index (χ0v) is 18.3. The molecule has 3 nitrogen and oxygen atoms in total. The van der Waals surface area contributed by atoms with Crippen LogP contribution in [-0.4, -0.2) is 18.2 Å². The SMILES string of the molecule is CCOc1ccc(-c2nc(CCOc3ccc4c(c3)CC[C@H]4CC)c(C)s2)cc1. The molecule has 2 aromatic carbocycles. The lowest BCUT2D eigenvalue weighted by Crippen LogP contribution is -2.03. The van der Waals surface area contributed by atoms with Gasteiger partial charge in [0.15, 0.2) is 0 Å². The monoisotopic (exact) mass is 407 g/mol. The van der Waals surface area contributed by atoms with Gasteiger partial charge in [-0.2, -0.15) is 0 Å². The van der Waals surface area contributed by atoms with Crippen molar-refractivity contribution in [3.63, 3.8) is 0 Å². The highest BCUT2D eigenvalue weighted by Gasteiger charge is 2.21. The molecule has 0 bridgehead atoms. The van der Waals surface area contributed by atoms with Crippen LogP contribution in [0.3, 0.4) is 0 Å². The van der Waals surface area contributed by atoms with Gasteiger partial charge in [0.25, 0.3) is 0 Å². The van der Waals surface area contributed by atoms with Crippen LogP contribution in [-0.2, 0) is 12.8 Å². The van der Waals surface area contributed by atoms with Gasteiger partial charge in [-0.15, -0.1) is 11.3 Å². The summed E-state index contributed by atoms with van der Waals surface area (Å²) in [5.74, 6) is 2.62. The normalized spacial score (nSPS) is 15.3. The summed E-state index contributed by atoms with van der Waals surface area (Å²) >= 11 is 1.74. The minimum absolute atomic E-state index is 0.656. The highest BCUT2D eigenvalue weighted by molar-refractivity contribution is 7.15. The molecule has 4 heteroatoms. The topological polar surface area (TPSA) is 31.4 Å². The van der Waals surface area contributed by atoms with Gasteiger partial charge in [0.05, 0.1) is 18.9 Å². The summed E-state index contributed by atoms with van der Waals surface area (Å²) in [6.07, 6.45) is 4.52. The van der Waals surface area contributed by atoms with Crippen LogP contribution < -0.4 is 9.47 Å². The molecule has 0 unspecified atom stereocenters. The fourth-order valence-electron chi connectivity index (χ4n) is 4.11. The van der Waals surface area contributed by atoms with Crippen LogP contribution in [0.2, 0.25) is 0 Å². The van der Waals surface area contributed by atoms with Crippen LogP contribution >= 0.6 is 11.3 Å². The van der Waals surface area contributed by atoms with Crippen LogP contribution in [0.5, 0.6) is 11.5 Å². The molecule has 0 radical (unpaired) electrons. The predicted octanol–water partition coefficient (Wildman–Crippen LogP) is 6.58. The molecule has 0 N–H and O–H groups in total. The van der Waals surface area contributed by atoms with Crippen LogP contribution in [0.1, 0.15) is 54.3 Å². The summed E-state index contributed by atoms with van der Waals surface area (Å²) in [7, 11) is 0. The summed E-state index contributed by atoms with van der Waals surface area (Å²) in [5.41, 5.74) is 5.26. The average Bonchev–Trinajstić information content (AvgIpc) is 3.32. The third-order valence-corrected chi connectivity index (χ3v) is 6.78. The number of nitrogens with zero attached hydrogens (tertiary/aromatic N) is 1. The van der Waals surface area contributed by atoms with E-state index in [1.165, 1.54) is 35.3 Å². The smallest absolute Gasteiger partial charge is 0.123 e. The Labute approximate surface area is 177 Å². The lowest BCUT2D eigenvalue weighted by Gasteiger charge is -2.10. The molecule has 4 rings (SSSR count). The number of aryl methyl sites for hydroxylation is 2. The van der Waals surface area contributed by atoms with Crippen molar-refractivity contribution in [3.05, 3.63) is 64.2 Å². The minimum Gasteiger partial charge on any atom is -0.494 e. The molecule has 1 aliphatic rings. The fourth-order valence-corrected chi connectivity index (χ4v) is 5.07. The predicted molar refractivity (Wildman–Crippen MR) is 120 cm³/mol. The Morgan fingerprint density at radius 1 is 1.03 bits per heavy atom. The Morgan fingerprint density at radius 2 is 1.83 bits per heavy atom. The lowest BCUT2D eigenvalue weighted by atomic mass is 9.99. The number of hydrogen-bond donors (Lipinski definition) is 0. The van der Waals surface area contributed by atoms with Crippen LogP contribution in [0.4, 0.5) is 0 Å². The second-order valence-electron chi connectivity index (χ2n) is 7.58. The lowest BCUT2D eigenvalue weighted by molar-refractivity contribution is 0.320. The van der Waals surface area contributed by atoms with Crippen molar-refractivity contribution >= 4 is 11.3 Å². The number of ether oxygens (including phenoxy) is 2. The van der Waals surface area contributed by atoms with Gasteiger partial charge in [0.2, 0.25) is 0 Å². The van der Waals surface area contributed by atoms with E-state index in [2.05, 4.69) is 44.2 Å². The second-order valence-corrected chi connectivity index (χ2v) is 8.79. The Balaban J connectivity index is 1.37. The third kappa shape index (κ3) is 4.48. The van der Waals surface area contributed by atoms with E-state index in [0.717, 1.165) is 40.1 Å². The maximum atomic E-state index is 6.06. The highest BCUT2D eigenvalue weighted by Crippen LogP contribution is 2.37. The molecule has 0 fully saturated rings. The van der Waals surface area contributed by atoms with Crippen molar-refractivity contribution in [1.82, 2.24) is 4.98 Å². The van der Waals surface area contributed by atoms with Crippen molar-refractivity contribution in [3.8, 4) is 22.1 Å². The van der Waals surface area contributed by atoms with Gasteiger partial charge in [0.1, 0.15) is 16.5 Å². The van der Waals surface area contributed by atoms with E-state index < -0.39 is 0 Å². The summed E-state index contributed by atoms with van der Waals surface area (Å²) in [4.78, 5) is 6.12. The Kier molecular flexibility index (Phi) is 6.19. The Hall–Kier alpha value is -2.33. The molecule has 0 amide bonds. The highest BCUT2D eigenvalue weighted by atomic mass is 32.1. The molecule has 1 aliphatic carbocycles. The van der Waals surface area contributed by atoms with E-state index in [9.17, 15) is 0 Å². The van der Waals surface area contributed by atoms with Gasteiger partial charge in [-0.05, 0) is 86.6 Å². The standard InChI is InChI=1S/C25H29NO2S/c1-4-18-6-7-20-16-22(12-13-23(18)20)28-15-14-24-17(3)29-25(26-24)19-8-10-21(11-9-19)27-5-2/h8-13,16,18H,4-7,14-15H2,1-3H3/t18-/m1/s1. The number of fused-ring (bicyclic) bond motifs is 1. The van der Waals surface area contributed by atoms with E-state index in [1.54, 1.807) is 11.3 Å². The Bertz CT molecular complexity index is 961. The molecule has 0 spiro atoms. The number of hydrogen-bond acceptors (Lipinski definition) is 4. The van der Waals surface area contributed by atoms with Crippen LogP contribution in [0.15, 0.2) is 42.5 Å². The molecule has 3 aromatic rings. The molecule has 152 valence electrons. The van der Waals surface area contributed by atoms with Gasteiger partial charge in [-0.25, -0.2) is 4.98 Å². The van der Waals surface area contributed by atoms with Crippen LogP contribution in [0, 0.1) is 6.92 Å². The summed E-state index contributed by atoms with van der Waals surface area (Å²) in [6.45, 7) is 7.76. The molecule has 0 aliphatic heterocycles. The molecular formula is C25H29NO2S. The van der Waals surface area contributed by atoms with Crippen LogP contribution in [0.25, 0.3) is 10.6 Å². The van der Waals surface area contributed by atoms with Gasteiger partial charge in [-0.1, -0.05) is 13.0 Å². The summed E-state index contributed by atoms with van der Waals surface area (Å²) < 4.78 is 11.6. The quantitative estimate of drug-likeness (QED) is 0.423. The number of benzene rings is 2. The maximum Gasteiger partial charge on any atom is 0.123 e. The largest absolute Gasteiger partial charge is 0.494 e. The summed E-state index contributed by atoms with van der Waals surface area (Å²) in [6, 6.07) is 14.8. The average molecular weight is 408 g/mol. The van der Waals surface area contributed by atoms with Crippen molar-refractivity contribution in [2.24, 2.45) is 0 Å². The number of aromatic nitrogens is 1. The summed E-state index contributed by atoms with van der Waals surface area (Å²) in [5, 5.41) is 1.06. The molecule has 29 heavy (non-hydrogen) atoms. The zero-order chi connectivity index (χ0) is 20.2. The van der Waals surface area contributed by atoms with Crippen molar-refractivity contribution in [1.29, 1.82) is 0 Å². The number of rotatable bonds is 8. The van der Waals surface area contributed by atoms with Gasteiger partial charge >= 0.3 is 0 Å². The van der Waals surface area contributed by atoms with Crippen molar-refractivity contribution < 1.29 is 9.47 Å². The first kappa shape index (κ1) is 20.0. The van der Waals surface area contributed by atoms with Gasteiger partial charge < -0.3 is 9.47 Å². The van der Waals surface area contributed by atoms with E-state index in [1.807, 2.05) is 19.1 Å². The van der Waals surface area contributed by atoms with Gasteiger partial charge in [-0.3, -0.25) is 0 Å².